The quantitative estimate of drug-likeness (QED) is 0.271. The number of nitrogens with one attached hydrogen (secondary N) is 2. The van der Waals surface area contributed by atoms with Gasteiger partial charge in [0, 0.05) is 5.69 Å². The lowest BCUT2D eigenvalue weighted by atomic mass is 10.2. The summed E-state index contributed by atoms with van der Waals surface area (Å²) in [6, 6.07) is 17.6. The Hall–Kier alpha value is -3.02. The van der Waals surface area contributed by atoms with Crippen LogP contribution < -0.4 is 9.29 Å². The molecule has 3 aromatic carbocycles. The minimum Gasteiger partial charge on any atom is -0.325 e. The van der Waals surface area contributed by atoms with E-state index >= 15 is 0 Å². The number of para-hydroxylation sites is 2. The van der Waals surface area contributed by atoms with Crippen molar-refractivity contribution in [1.82, 2.24) is 4.98 Å². The van der Waals surface area contributed by atoms with Crippen LogP contribution in [0.25, 0.3) is 11.0 Å². The van der Waals surface area contributed by atoms with Crippen molar-refractivity contribution < 1.29 is 30.4 Å². The molecule has 6 nitrogen and oxygen atoms in total. The van der Waals surface area contributed by atoms with Gasteiger partial charge in [0.1, 0.15) is 4.90 Å². The van der Waals surface area contributed by atoms with Crippen LogP contribution in [0, 0.1) is 0 Å². The van der Waals surface area contributed by atoms with E-state index in [4.69, 9.17) is 11.6 Å². The second kappa shape index (κ2) is 9.32. The molecule has 1 aromatic heterocycles. The summed E-state index contributed by atoms with van der Waals surface area (Å²) in [7, 11) is -3.99. The van der Waals surface area contributed by atoms with Gasteiger partial charge < -0.3 is 5.32 Å². The van der Waals surface area contributed by atoms with E-state index in [-0.39, 0.29) is 21.5 Å². The third-order valence-corrected chi connectivity index (χ3v) is 7.86. The fraction of sp³-hybridized carbons (Fsp3) is 0.0909. The molecule has 0 aliphatic carbocycles. The molecule has 0 aliphatic rings. The van der Waals surface area contributed by atoms with Gasteiger partial charge in [0.05, 0.1) is 16.3 Å². The summed E-state index contributed by atoms with van der Waals surface area (Å²) in [4.78, 5) is 15.5. The van der Waals surface area contributed by atoms with Gasteiger partial charge in [0.2, 0.25) is 5.91 Å². The number of aromatic nitrogens is 2. The second-order valence-corrected chi connectivity index (χ2v) is 10.2. The van der Waals surface area contributed by atoms with E-state index in [0.29, 0.717) is 11.0 Å². The highest BCUT2D eigenvalue weighted by molar-refractivity contribution is 8.00. The van der Waals surface area contributed by atoms with E-state index in [1.807, 2.05) is 0 Å². The number of halogens is 4. The lowest BCUT2D eigenvalue weighted by Gasteiger charge is -2.11. The zero-order chi connectivity index (χ0) is 24.5. The van der Waals surface area contributed by atoms with E-state index in [1.54, 1.807) is 42.5 Å². The summed E-state index contributed by atoms with van der Waals surface area (Å²) >= 11 is 6.51. The van der Waals surface area contributed by atoms with Crippen LogP contribution in [-0.2, 0) is 21.0 Å². The normalized spacial score (nSPS) is 12.1. The van der Waals surface area contributed by atoms with Crippen molar-refractivity contribution in [3.8, 4) is 0 Å². The topological polar surface area (TPSA) is 82.9 Å². The molecule has 0 unspecified atom stereocenters. The predicted molar refractivity (Wildman–Crippen MR) is 123 cm³/mol. The number of aromatic amines is 1. The number of fused-ring (bicyclic) bond motifs is 1. The van der Waals surface area contributed by atoms with Crippen molar-refractivity contribution in [3.63, 3.8) is 0 Å². The zero-order valence-corrected chi connectivity index (χ0v) is 19.5. The molecule has 34 heavy (non-hydrogen) atoms. The monoisotopic (exact) mass is 526 g/mol. The van der Waals surface area contributed by atoms with E-state index in [2.05, 4.69) is 10.3 Å². The Bertz CT molecular complexity index is 1470. The van der Waals surface area contributed by atoms with Crippen LogP contribution in [0.2, 0.25) is 5.02 Å². The average Bonchev–Trinajstić information content (AvgIpc) is 3.18. The standard InChI is InChI=1S/C22H15ClF3N3O3S2/c23-17-11-10-14(12-16(17)22(24,25)26)27-20(30)13-33-21-28-18-8-4-5-9-19(18)29(21)34(31,32)15-6-2-1-3-7-15/h1-12H,13H2,(H,27,30)/p+1. The first-order valence-corrected chi connectivity index (χ1v) is 12.5. The molecule has 0 saturated heterocycles. The second-order valence-electron chi connectivity index (χ2n) is 7.06. The van der Waals surface area contributed by atoms with Crippen LogP contribution in [0.1, 0.15) is 5.56 Å². The molecule has 4 aromatic rings. The SMILES string of the molecule is O=C(CSc1[nH]c2ccccc2[n+]1S(=O)(=O)c1ccccc1)Nc1ccc(Cl)c(C(F)(F)F)c1. The summed E-state index contributed by atoms with van der Waals surface area (Å²) < 4.78 is 67.0. The predicted octanol–water partition coefficient (Wildman–Crippen LogP) is 5.10. The van der Waals surface area contributed by atoms with Crippen molar-refractivity contribution in [2.75, 3.05) is 11.1 Å². The molecule has 12 heteroatoms. The first-order chi connectivity index (χ1) is 16.1. The highest BCUT2D eigenvalue weighted by atomic mass is 35.5. The Morgan fingerprint density at radius 1 is 1.03 bits per heavy atom. The number of alkyl halides is 3. The van der Waals surface area contributed by atoms with Gasteiger partial charge >= 0.3 is 21.4 Å². The highest BCUT2D eigenvalue weighted by Gasteiger charge is 2.34. The molecule has 0 spiro atoms. The van der Waals surface area contributed by atoms with Crippen LogP contribution in [0.15, 0.2) is 82.8 Å². The van der Waals surface area contributed by atoms with Crippen molar-refractivity contribution in [2.45, 2.75) is 16.2 Å². The first-order valence-electron chi connectivity index (χ1n) is 9.70. The minimum atomic E-state index is -4.67. The number of carbonyl (C=O) groups is 1. The molecule has 0 saturated carbocycles. The lowest BCUT2D eigenvalue weighted by Crippen LogP contribution is -2.44. The maximum atomic E-state index is 13.3. The van der Waals surface area contributed by atoms with Gasteiger partial charge in [-0.15, -0.1) is 3.97 Å². The van der Waals surface area contributed by atoms with Crippen molar-refractivity contribution in [3.05, 3.63) is 83.4 Å². The molecule has 0 bridgehead atoms. The number of anilines is 1. The minimum absolute atomic E-state index is 0.0666. The van der Waals surface area contributed by atoms with Crippen LogP contribution in [0.3, 0.4) is 0 Å². The zero-order valence-electron chi connectivity index (χ0n) is 17.1. The number of benzene rings is 3. The number of thioether (sulfide) groups is 1. The fourth-order valence-electron chi connectivity index (χ4n) is 3.21. The summed E-state index contributed by atoms with van der Waals surface area (Å²) in [5, 5.41) is 2.08. The molecule has 0 atom stereocenters. The number of rotatable bonds is 6. The lowest BCUT2D eigenvalue weighted by molar-refractivity contribution is -0.526. The highest BCUT2D eigenvalue weighted by Crippen LogP contribution is 2.36. The summed E-state index contributed by atoms with van der Waals surface area (Å²) in [5.41, 5.74) is -0.218. The van der Waals surface area contributed by atoms with Gasteiger partial charge in [0.25, 0.3) is 0 Å². The van der Waals surface area contributed by atoms with Crippen molar-refractivity contribution >= 4 is 56.0 Å². The number of nitrogens with zero attached hydrogens (tertiary/aromatic N) is 1. The first kappa shape index (κ1) is 24.1. The Morgan fingerprint density at radius 2 is 1.71 bits per heavy atom. The maximum absolute atomic E-state index is 13.3. The molecule has 0 fully saturated rings. The molecule has 2 N–H and O–H groups in total. The number of hydrogen-bond donors (Lipinski definition) is 2. The van der Waals surface area contributed by atoms with Gasteiger partial charge in [-0.25, -0.2) is 4.98 Å². The van der Waals surface area contributed by atoms with Gasteiger partial charge in [0.15, 0.2) is 11.0 Å². The summed E-state index contributed by atoms with van der Waals surface area (Å²) in [5.74, 6) is -0.885. The molecule has 1 heterocycles. The van der Waals surface area contributed by atoms with E-state index in [0.717, 1.165) is 27.9 Å². The van der Waals surface area contributed by atoms with Gasteiger partial charge in [-0.3, -0.25) is 4.79 Å². The number of amides is 1. The average molecular weight is 527 g/mol. The van der Waals surface area contributed by atoms with Gasteiger partial charge in [-0.1, -0.05) is 41.9 Å². The van der Waals surface area contributed by atoms with Gasteiger partial charge in [-0.2, -0.15) is 21.6 Å². The molecular weight excluding hydrogens is 511 g/mol. The molecular formula is C22H16ClF3N3O3S2+. The largest absolute Gasteiger partial charge is 0.417 e. The van der Waals surface area contributed by atoms with Crippen LogP contribution in [0.5, 0.6) is 0 Å². The Morgan fingerprint density at radius 3 is 2.41 bits per heavy atom. The number of hydrogen-bond acceptors (Lipinski definition) is 4. The number of imidazole rings is 1. The third-order valence-electron chi connectivity index (χ3n) is 4.73. The van der Waals surface area contributed by atoms with E-state index in [1.165, 1.54) is 18.2 Å². The van der Waals surface area contributed by atoms with Crippen LogP contribution in [-0.4, -0.2) is 25.1 Å². The van der Waals surface area contributed by atoms with E-state index < -0.39 is 32.7 Å². The molecule has 4 rings (SSSR count). The summed E-state index contributed by atoms with van der Waals surface area (Å²) in [6.07, 6.45) is -4.67. The van der Waals surface area contributed by atoms with Crippen LogP contribution in [0.4, 0.5) is 18.9 Å². The fourth-order valence-corrected chi connectivity index (χ4v) is 6.02. The molecule has 176 valence electrons. The molecule has 0 aliphatic heterocycles. The Labute approximate surface area is 201 Å². The number of carbonyl (C=O) groups excluding carboxylic acids is 1. The van der Waals surface area contributed by atoms with Gasteiger partial charge in [-0.05, 0) is 54.2 Å². The maximum Gasteiger partial charge on any atom is 0.417 e. The van der Waals surface area contributed by atoms with Crippen molar-refractivity contribution in [2.24, 2.45) is 0 Å². The molecule has 0 radical (unpaired) electrons. The third kappa shape index (κ3) is 4.91. The summed E-state index contributed by atoms with van der Waals surface area (Å²) in [6.45, 7) is 0. The number of H-pyrrole nitrogens is 1. The van der Waals surface area contributed by atoms with Crippen LogP contribution >= 0.6 is 23.4 Å². The van der Waals surface area contributed by atoms with Crippen molar-refractivity contribution in [1.29, 1.82) is 0 Å². The van der Waals surface area contributed by atoms with E-state index in [9.17, 15) is 26.4 Å². The smallest absolute Gasteiger partial charge is 0.325 e. The molecule has 1 amide bonds. The Kier molecular flexibility index (Phi) is 6.61. The Balaban J connectivity index is 1.60.